The zero-order valence-electron chi connectivity index (χ0n) is 24.2. The molecular formula is C32H38N2O8. The molecule has 0 bridgehead atoms. The fourth-order valence-electron chi connectivity index (χ4n) is 6.36. The van der Waals surface area contributed by atoms with E-state index in [1.807, 2.05) is 19.1 Å². The minimum absolute atomic E-state index is 0.0224. The van der Waals surface area contributed by atoms with Crippen molar-refractivity contribution in [2.24, 2.45) is 0 Å². The van der Waals surface area contributed by atoms with E-state index in [9.17, 15) is 10.2 Å². The summed E-state index contributed by atoms with van der Waals surface area (Å²) in [5.41, 5.74) is 7.92. The van der Waals surface area contributed by atoms with E-state index in [4.69, 9.17) is 28.8 Å². The van der Waals surface area contributed by atoms with Crippen LogP contribution in [-0.4, -0.2) is 62.6 Å². The minimum Gasteiger partial charge on any atom is -0.502 e. The van der Waals surface area contributed by atoms with Gasteiger partial charge in [-0.3, -0.25) is 5.32 Å². The van der Waals surface area contributed by atoms with Crippen LogP contribution < -0.4 is 34.3 Å². The van der Waals surface area contributed by atoms with Crippen LogP contribution in [0, 0.1) is 0 Å². The Labute approximate surface area is 245 Å². The molecule has 42 heavy (non-hydrogen) atoms. The molecule has 0 fully saturated rings. The first-order valence-corrected chi connectivity index (χ1v) is 14.5. The SMILES string of the molecule is CCNCOc1cc(OC)c2c3c1CNc1cc4c(c(c1-3)CC2)C(O)C(c1cc(OC)c(O)c(OCCCO)c1)CO4. The van der Waals surface area contributed by atoms with Crippen LogP contribution in [0.1, 0.15) is 53.2 Å². The zero-order chi connectivity index (χ0) is 29.4. The Kier molecular flexibility index (Phi) is 7.94. The number of aliphatic hydroxyl groups is 2. The second-order valence-electron chi connectivity index (χ2n) is 10.7. The number of rotatable bonds is 11. The highest BCUT2D eigenvalue weighted by molar-refractivity contribution is 5.93. The number of nitrogens with one attached hydrogen (secondary N) is 2. The van der Waals surface area contributed by atoms with E-state index in [0.29, 0.717) is 25.4 Å². The monoisotopic (exact) mass is 578 g/mol. The Morgan fingerprint density at radius 2 is 1.74 bits per heavy atom. The summed E-state index contributed by atoms with van der Waals surface area (Å²) >= 11 is 0. The fourth-order valence-corrected chi connectivity index (χ4v) is 6.36. The van der Waals surface area contributed by atoms with Crippen LogP contribution in [0.25, 0.3) is 11.1 Å². The molecule has 0 spiro atoms. The number of aromatic hydroxyl groups is 1. The third kappa shape index (κ3) is 4.73. The van der Waals surface area contributed by atoms with Crippen LogP contribution in [0.2, 0.25) is 0 Å². The maximum absolute atomic E-state index is 12.0. The van der Waals surface area contributed by atoms with Gasteiger partial charge in [-0.2, -0.15) is 0 Å². The van der Waals surface area contributed by atoms with Crippen molar-refractivity contribution >= 4 is 5.69 Å². The Balaban J connectivity index is 1.43. The van der Waals surface area contributed by atoms with Crippen LogP contribution in [0.3, 0.4) is 0 Å². The Morgan fingerprint density at radius 3 is 2.50 bits per heavy atom. The van der Waals surface area contributed by atoms with E-state index < -0.39 is 12.0 Å². The number of aliphatic hydroxyl groups excluding tert-OH is 2. The van der Waals surface area contributed by atoms with Crippen LogP contribution >= 0.6 is 0 Å². The van der Waals surface area contributed by atoms with E-state index in [0.717, 1.165) is 75.5 Å². The van der Waals surface area contributed by atoms with Crippen LogP contribution in [0.4, 0.5) is 5.69 Å². The standard InChI is InChI=1S/C32H38N2O8/c1-4-33-16-42-24-13-23(38-2)18-6-7-19-29-22(34-14-20(24)28(18)29)12-25-30(19)31(36)21(15-41-25)17-10-26(39-3)32(37)27(11-17)40-9-5-8-35/h10-13,21,31,33-37H,4-9,14-16H2,1-3H3. The van der Waals surface area contributed by atoms with Crippen molar-refractivity contribution in [3.8, 4) is 45.6 Å². The molecular weight excluding hydrogens is 540 g/mol. The molecule has 5 N–H and O–H groups in total. The molecule has 6 rings (SSSR count). The van der Waals surface area contributed by atoms with Gasteiger partial charge in [-0.15, -0.1) is 0 Å². The lowest BCUT2D eigenvalue weighted by Crippen LogP contribution is -2.28. The Bertz CT molecular complexity index is 1490. The summed E-state index contributed by atoms with van der Waals surface area (Å²) in [6.45, 7) is 4.30. The van der Waals surface area contributed by atoms with Gasteiger partial charge in [0.2, 0.25) is 5.75 Å². The minimum atomic E-state index is -0.865. The molecule has 3 aromatic rings. The van der Waals surface area contributed by atoms with Gasteiger partial charge in [-0.25, -0.2) is 0 Å². The molecule has 10 nitrogen and oxygen atoms in total. The van der Waals surface area contributed by atoms with Gasteiger partial charge in [0.05, 0.1) is 33.5 Å². The van der Waals surface area contributed by atoms with Gasteiger partial charge in [0.1, 0.15) is 24.0 Å². The second-order valence-corrected chi connectivity index (χ2v) is 10.7. The number of phenolic OH excluding ortho intramolecular Hbond substituents is 1. The molecule has 2 atom stereocenters. The largest absolute Gasteiger partial charge is 0.502 e. The van der Waals surface area contributed by atoms with Crippen molar-refractivity contribution in [3.63, 3.8) is 0 Å². The number of fused-ring (bicyclic) bond motifs is 2. The number of hydrogen-bond acceptors (Lipinski definition) is 10. The first-order chi connectivity index (χ1) is 20.5. The third-order valence-corrected chi connectivity index (χ3v) is 8.39. The third-order valence-electron chi connectivity index (χ3n) is 8.39. The van der Waals surface area contributed by atoms with Gasteiger partial charge in [0, 0.05) is 65.6 Å². The maximum Gasteiger partial charge on any atom is 0.200 e. The number of ether oxygens (including phenoxy) is 5. The predicted molar refractivity (Wildman–Crippen MR) is 157 cm³/mol. The molecule has 10 heteroatoms. The molecule has 0 saturated carbocycles. The van der Waals surface area contributed by atoms with Crippen molar-refractivity contribution in [2.45, 2.75) is 44.8 Å². The number of anilines is 1. The van der Waals surface area contributed by atoms with E-state index in [1.165, 1.54) is 7.11 Å². The molecule has 0 saturated heterocycles. The molecule has 2 unspecified atom stereocenters. The second kappa shape index (κ2) is 11.8. The van der Waals surface area contributed by atoms with Gasteiger partial charge in [-0.1, -0.05) is 6.92 Å². The predicted octanol–water partition coefficient (Wildman–Crippen LogP) is 4.02. The lowest BCUT2D eigenvalue weighted by Gasteiger charge is -2.38. The van der Waals surface area contributed by atoms with Crippen molar-refractivity contribution in [1.29, 1.82) is 0 Å². The van der Waals surface area contributed by atoms with E-state index >= 15 is 0 Å². The summed E-state index contributed by atoms with van der Waals surface area (Å²) < 4.78 is 29.5. The van der Waals surface area contributed by atoms with Gasteiger partial charge in [0.15, 0.2) is 11.5 Å². The molecule has 1 aliphatic carbocycles. The summed E-state index contributed by atoms with van der Waals surface area (Å²) in [5, 5.41) is 38.5. The highest BCUT2D eigenvalue weighted by atomic mass is 16.5. The smallest absolute Gasteiger partial charge is 0.200 e. The van der Waals surface area contributed by atoms with Gasteiger partial charge < -0.3 is 44.3 Å². The summed E-state index contributed by atoms with van der Waals surface area (Å²) in [6.07, 6.45) is 1.04. The van der Waals surface area contributed by atoms with Crippen molar-refractivity contribution in [3.05, 3.63) is 52.1 Å². The average molecular weight is 579 g/mol. The Morgan fingerprint density at radius 1 is 0.952 bits per heavy atom. The van der Waals surface area contributed by atoms with Crippen LogP contribution in [0.15, 0.2) is 24.3 Å². The van der Waals surface area contributed by atoms with Gasteiger partial charge in [0.25, 0.3) is 0 Å². The van der Waals surface area contributed by atoms with E-state index in [-0.39, 0.29) is 37.1 Å². The highest BCUT2D eigenvalue weighted by Crippen LogP contribution is 2.56. The Hall–Kier alpha value is -3.86. The van der Waals surface area contributed by atoms with Gasteiger partial charge in [-0.05, 0) is 48.2 Å². The molecule has 0 radical (unpaired) electrons. The van der Waals surface area contributed by atoms with E-state index in [1.54, 1.807) is 19.2 Å². The molecule has 0 aromatic heterocycles. The topological polar surface area (TPSA) is 131 Å². The summed E-state index contributed by atoms with van der Waals surface area (Å²) in [4.78, 5) is 0. The molecule has 224 valence electrons. The van der Waals surface area contributed by atoms with Crippen molar-refractivity contribution in [1.82, 2.24) is 5.32 Å². The number of benzene rings is 3. The summed E-state index contributed by atoms with van der Waals surface area (Å²) in [5.74, 6) is 2.18. The van der Waals surface area contributed by atoms with Gasteiger partial charge >= 0.3 is 0 Å². The first-order valence-electron chi connectivity index (χ1n) is 14.5. The zero-order valence-corrected chi connectivity index (χ0v) is 24.2. The molecule has 3 aromatic carbocycles. The van der Waals surface area contributed by atoms with Crippen molar-refractivity contribution in [2.75, 3.05) is 52.6 Å². The molecule has 2 heterocycles. The number of phenols is 1. The van der Waals surface area contributed by atoms with Crippen LogP contribution in [0.5, 0.6) is 34.5 Å². The number of hydrogen-bond donors (Lipinski definition) is 5. The first kappa shape index (κ1) is 28.3. The number of methoxy groups -OCH3 is 2. The maximum atomic E-state index is 12.0. The molecule has 0 amide bonds. The normalized spacial score (nSPS) is 17.8. The average Bonchev–Trinajstić information content (AvgIpc) is 3.01. The van der Waals surface area contributed by atoms with Crippen LogP contribution in [-0.2, 0) is 19.4 Å². The van der Waals surface area contributed by atoms with E-state index in [2.05, 4.69) is 10.6 Å². The highest BCUT2D eigenvalue weighted by Gasteiger charge is 2.39. The lowest BCUT2D eigenvalue weighted by atomic mass is 9.74. The fraction of sp³-hybridized carbons (Fsp3) is 0.438. The summed E-state index contributed by atoms with van der Waals surface area (Å²) in [6, 6.07) is 7.41. The molecule has 3 aliphatic rings. The molecule has 2 aliphatic heterocycles. The lowest BCUT2D eigenvalue weighted by molar-refractivity contribution is 0.0878. The summed E-state index contributed by atoms with van der Waals surface area (Å²) in [7, 11) is 3.16. The quantitative estimate of drug-likeness (QED) is 0.168. The van der Waals surface area contributed by atoms with Crippen molar-refractivity contribution < 1.29 is 39.0 Å².